The summed E-state index contributed by atoms with van der Waals surface area (Å²) in [4.78, 5) is 14.9. The van der Waals surface area contributed by atoms with E-state index in [2.05, 4.69) is 25.7 Å². The van der Waals surface area contributed by atoms with Crippen LogP contribution in [-0.2, 0) is 6.61 Å². The molecule has 26 heavy (non-hydrogen) atoms. The number of H-pyrrole nitrogens is 1. The zero-order valence-electron chi connectivity index (χ0n) is 13.9. The Morgan fingerprint density at radius 2 is 2.12 bits per heavy atom. The number of ether oxygens (including phenoxy) is 1. The van der Waals surface area contributed by atoms with Crippen molar-refractivity contribution in [2.45, 2.75) is 13.5 Å². The molecular weight excluding hydrogens is 354 g/mol. The van der Waals surface area contributed by atoms with Gasteiger partial charge in [0.1, 0.15) is 18.1 Å². The van der Waals surface area contributed by atoms with Crippen molar-refractivity contribution in [2.24, 2.45) is 5.10 Å². The molecule has 3 rings (SSSR count). The van der Waals surface area contributed by atoms with Gasteiger partial charge < -0.3 is 4.74 Å². The first-order valence-corrected chi connectivity index (χ1v) is 8.18. The van der Waals surface area contributed by atoms with Crippen LogP contribution < -0.4 is 15.9 Å². The molecule has 132 valence electrons. The minimum absolute atomic E-state index is 0.304. The van der Waals surface area contributed by atoms with Crippen LogP contribution in [0.1, 0.15) is 16.8 Å². The van der Waals surface area contributed by atoms with Crippen molar-refractivity contribution in [1.29, 1.82) is 0 Å². The molecule has 0 atom stereocenters. The zero-order valence-corrected chi connectivity index (χ0v) is 14.7. The first-order chi connectivity index (χ1) is 12.6. The highest BCUT2D eigenvalue weighted by Crippen LogP contribution is 2.16. The average Bonchev–Trinajstić information content (AvgIpc) is 2.63. The standard InChI is InChI=1S/C18H16ClN5O2/c1-12-17(21-18(25)24-22-12)23-20-10-13-4-3-7-16(9-13)26-11-14-5-2-6-15(19)8-14/h2-10H,11H2,1H3,(H2,21,23,24,25)/b20-10+. The van der Waals surface area contributed by atoms with E-state index in [1.165, 1.54) is 0 Å². The Morgan fingerprint density at radius 1 is 1.27 bits per heavy atom. The van der Waals surface area contributed by atoms with Gasteiger partial charge in [0, 0.05) is 5.02 Å². The largest absolute Gasteiger partial charge is 0.489 e. The van der Waals surface area contributed by atoms with E-state index >= 15 is 0 Å². The molecule has 8 heteroatoms. The molecule has 0 fully saturated rings. The molecule has 0 amide bonds. The van der Waals surface area contributed by atoms with E-state index in [0.29, 0.717) is 28.9 Å². The second kappa shape index (κ2) is 8.26. The minimum atomic E-state index is -0.537. The fraction of sp³-hybridized carbons (Fsp3) is 0.111. The van der Waals surface area contributed by atoms with Crippen molar-refractivity contribution in [3.8, 4) is 5.75 Å². The number of benzene rings is 2. The molecule has 0 spiro atoms. The minimum Gasteiger partial charge on any atom is -0.489 e. The Morgan fingerprint density at radius 3 is 2.96 bits per heavy atom. The average molecular weight is 370 g/mol. The summed E-state index contributed by atoms with van der Waals surface area (Å²) in [5, 5.41) is 10.8. The van der Waals surface area contributed by atoms with E-state index in [-0.39, 0.29) is 0 Å². The lowest BCUT2D eigenvalue weighted by atomic mass is 10.2. The summed E-state index contributed by atoms with van der Waals surface area (Å²) in [5.74, 6) is 1.01. The molecule has 2 aromatic carbocycles. The first-order valence-electron chi connectivity index (χ1n) is 7.80. The topological polar surface area (TPSA) is 92.3 Å². The molecule has 2 N–H and O–H groups in total. The highest BCUT2D eigenvalue weighted by Gasteiger charge is 2.01. The third-order valence-corrected chi connectivity index (χ3v) is 3.65. The Kier molecular flexibility index (Phi) is 5.60. The molecule has 0 bridgehead atoms. The van der Waals surface area contributed by atoms with Gasteiger partial charge in [-0.2, -0.15) is 15.2 Å². The molecule has 3 aromatic rings. The van der Waals surface area contributed by atoms with E-state index in [0.717, 1.165) is 11.1 Å². The molecule has 0 aliphatic heterocycles. The number of hydrogen-bond donors (Lipinski definition) is 2. The molecule has 0 radical (unpaired) electrons. The quantitative estimate of drug-likeness (QED) is 0.514. The van der Waals surface area contributed by atoms with Gasteiger partial charge in [0.2, 0.25) is 0 Å². The predicted molar refractivity (Wildman–Crippen MR) is 101 cm³/mol. The molecule has 0 saturated carbocycles. The van der Waals surface area contributed by atoms with Gasteiger partial charge in [-0.3, -0.25) is 5.43 Å². The van der Waals surface area contributed by atoms with Gasteiger partial charge in [-0.1, -0.05) is 35.9 Å². The summed E-state index contributed by atoms with van der Waals surface area (Å²) in [6, 6.07) is 15.0. The Balaban J connectivity index is 1.63. The third kappa shape index (κ3) is 4.90. The van der Waals surface area contributed by atoms with Crippen LogP contribution in [0.5, 0.6) is 5.75 Å². The van der Waals surface area contributed by atoms with Gasteiger partial charge in [0.25, 0.3) is 0 Å². The summed E-state index contributed by atoms with van der Waals surface area (Å²) in [5.41, 5.74) is 4.53. The molecule has 1 heterocycles. The molecular formula is C18H16ClN5O2. The van der Waals surface area contributed by atoms with Crippen LogP contribution in [0.25, 0.3) is 0 Å². The van der Waals surface area contributed by atoms with Crippen LogP contribution in [-0.4, -0.2) is 21.4 Å². The van der Waals surface area contributed by atoms with Crippen molar-refractivity contribution in [3.05, 3.63) is 80.9 Å². The van der Waals surface area contributed by atoms with Crippen molar-refractivity contribution in [3.63, 3.8) is 0 Å². The van der Waals surface area contributed by atoms with Gasteiger partial charge in [-0.05, 0) is 42.3 Å². The number of rotatable bonds is 6. The van der Waals surface area contributed by atoms with E-state index in [4.69, 9.17) is 16.3 Å². The molecule has 0 aliphatic rings. The van der Waals surface area contributed by atoms with Gasteiger partial charge in [-0.25, -0.2) is 9.89 Å². The van der Waals surface area contributed by atoms with Crippen molar-refractivity contribution >= 4 is 23.6 Å². The summed E-state index contributed by atoms with van der Waals surface area (Å²) in [7, 11) is 0. The number of aryl methyl sites for hydroxylation is 1. The Bertz CT molecular complexity index is 987. The summed E-state index contributed by atoms with van der Waals surface area (Å²) in [6.45, 7) is 2.13. The maximum atomic E-state index is 11.2. The number of nitrogens with zero attached hydrogens (tertiary/aromatic N) is 3. The monoisotopic (exact) mass is 369 g/mol. The van der Waals surface area contributed by atoms with Crippen LogP contribution in [0.4, 0.5) is 5.82 Å². The van der Waals surface area contributed by atoms with E-state index in [9.17, 15) is 4.79 Å². The van der Waals surface area contributed by atoms with E-state index in [1.807, 2.05) is 48.5 Å². The van der Waals surface area contributed by atoms with Crippen molar-refractivity contribution in [1.82, 2.24) is 15.2 Å². The smallest absolute Gasteiger partial charge is 0.363 e. The second-order valence-electron chi connectivity index (χ2n) is 5.44. The van der Waals surface area contributed by atoms with Crippen LogP contribution in [0, 0.1) is 6.92 Å². The van der Waals surface area contributed by atoms with Crippen LogP contribution in [0.3, 0.4) is 0 Å². The number of aromatic nitrogens is 3. The number of aromatic amines is 1. The summed E-state index contributed by atoms with van der Waals surface area (Å²) >= 11 is 5.97. The van der Waals surface area contributed by atoms with Crippen molar-refractivity contribution < 1.29 is 4.74 Å². The molecule has 0 aliphatic carbocycles. The maximum Gasteiger partial charge on any atom is 0.363 e. The SMILES string of the molecule is Cc1n[nH]c(=O)nc1N/N=C/c1cccc(OCc2cccc(Cl)c2)c1. The zero-order chi connectivity index (χ0) is 18.4. The number of hydrazone groups is 1. The first kappa shape index (κ1) is 17.6. The lowest BCUT2D eigenvalue weighted by Gasteiger charge is -2.07. The molecule has 7 nitrogen and oxygen atoms in total. The fourth-order valence-corrected chi connectivity index (χ4v) is 2.36. The normalized spacial score (nSPS) is 10.8. The Labute approximate surface area is 154 Å². The highest BCUT2D eigenvalue weighted by atomic mass is 35.5. The van der Waals surface area contributed by atoms with E-state index < -0.39 is 5.69 Å². The number of nitrogens with one attached hydrogen (secondary N) is 2. The number of anilines is 1. The summed E-state index contributed by atoms with van der Waals surface area (Å²) < 4.78 is 5.78. The van der Waals surface area contributed by atoms with Gasteiger partial charge >= 0.3 is 5.69 Å². The van der Waals surface area contributed by atoms with E-state index in [1.54, 1.807) is 13.1 Å². The second-order valence-corrected chi connectivity index (χ2v) is 5.87. The number of halogens is 1. The van der Waals surface area contributed by atoms with Crippen LogP contribution >= 0.6 is 11.6 Å². The third-order valence-electron chi connectivity index (χ3n) is 3.41. The predicted octanol–water partition coefficient (Wildman–Crippen LogP) is 3.15. The number of hydrogen-bond acceptors (Lipinski definition) is 6. The van der Waals surface area contributed by atoms with Gasteiger partial charge in [0.15, 0.2) is 5.82 Å². The van der Waals surface area contributed by atoms with Crippen molar-refractivity contribution in [2.75, 3.05) is 5.43 Å². The Hall–Kier alpha value is -3.19. The lowest BCUT2D eigenvalue weighted by Crippen LogP contribution is -2.15. The highest BCUT2D eigenvalue weighted by molar-refractivity contribution is 6.30. The summed E-state index contributed by atoms with van der Waals surface area (Å²) in [6.07, 6.45) is 1.61. The molecule has 0 unspecified atom stereocenters. The lowest BCUT2D eigenvalue weighted by molar-refractivity contribution is 0.306. The van der Waals surface area contributed by atoms with Gasteiger partial charge in [0.05, 0.1) is 6.21 Å². The van der Waals surface area contributed by atoms with Crippen LogP contribution in [0.2, 0.25) is 5.02 Å². The van der Waals surface area contributed by atoms with Crippen LogP contribution in [0.15, 0.2) is 58.4 Å². The van der Waals surface area contributed by atoms with Gasteiger partial charge in [-0.15, -0.1) is 0 Å². The molecule has 0 saturated heterocycles. The maximum absolute atomic E-state index is 11.2. The molecule has 1 aromatic heterocycles. The fourth-order valence-electron chi connectivity index (χ4n) is 2.14.